The molecule has 1 unspecified atom stereocenters. The summed E-state index contributed by atoms with van der Waals surface area (Å²) in [6.07, 6.45) is -0.516. The van der Waals surface area contributed by atoms with Crippen LogP contribution in [0.15, 0.2) is 23.1 Å². The summed E-state index contributed by atoms with van der Waals surface area (Å²) in [5.41, 5.74) is 6.47. The summed E-state index contributed by atoms with van der Waals surface area (Å²) in [7, 11) is -3.73. The van der Waals surface area contributed by atoms with Crippen LogP contribution in [-0.2, 0) is 10.0 Å². The van der Waals surface area contributed by atoms with Crippen LogP contribution >= 0.6 is 0 Å². The highest BCUT2D eigenvalue weighted by Crippen LogP contribution is 2.21. The molecule has 0 aliphatic rings. The predicted molar refractivity (Wildman–Crippen MR) is 62.4 cm³/mol. The number of nitrogens with one attached hydrogen (secondary N) is 1. The third-order valence-corrected chi connectivity index (χ3v) is 2.85. The fourth-order valence-electron chi connectivity index (χ4n) is 1.14. The number of primary sulfonamides is 1. The fraction of sp³-hybridized carbons (Fsp3) is 0.333. The Labute approximate surface area is 94.3 Å². The Kier molecular flexibility index (Phi) is 3.74. The Morgan fingerprint density at radius 2 is 2.12 bits per heavy atom. The van der Waals surface area contributed by atoms with E-state index in [9.17, 15) is 8.42 Å². The van der Waals surface area contributed by atoms with Gasteiger partial charge in [-0.25, -0.2) is 13.6 Å². The molecule has 1 aromatic carbocycles. The van der Waals surface area contributed by atoms with Gasteiger partial charge in [-0.15, -0.1) is 0 Å². The van der Waals surface area contributed by atoms with Crippen molar-refractivity contribution in [1.29, 1.82) is 0 Å². The van der Waals surface area contributed by atoms with Gasteiger partial charge in [0.15, 0.2) is 0 Å². The Morgan fingerprint density at radius 1 is 1.50 bits per heavy atom. The highest BCUT2D eigenvalue weighted by molar-refractivity contribution is 7.89. The Morgan fingerprint density at radius 3 is 2.56 bits per heavy atom. The summed E-state index contributed by atoms with van der Waals surface area (Å²) in [4.78, 5) is -0.0346. The molecule has 0 amide bonds. The molecule has 0 aliphatic carbocycles. The van der Waals surface area contributed by atoms with Crippen LogP contribution in [-0.4, -0.2) is 26.2 Å². The minimum absolute atomic E-state index is 0.0346. The third-order valence-electron chi connectivity index (χ3n) is 1.94. The molecule has 6 N–H and O–H groups in total. The van der Waals surface area contributed by atoms with Crippen molar-refractivity contribution in [2.45, 2.75) is 17.9 Å². The number of benzene rings is 1. The Hall–Kier alpha value is -1.31. The zero-order valence-electron chi connectivity index (χ0n) is 8.84. The number of anilines is 2. The maximum atomic E-state index is 11.0. The summed E-state index contributed by atoms with van der Waals surface area (Å²) < 4.78 is 22.0. The van der Waals surface area contributed by atoms with Crippen LogP contribution in [0.4, 0.5) is 11.4 Å². The van der Waals surface area contributed by atoms with Gasteiger partial charge in [-0.05, 0) is 25.1 Å². The monoisotopic (exact) mass is 245 g/mol. The maximum absolute atomic E-state index is 11.0. The lowest BCUT2D eigenvalue weighted by Gasteiger charge is -2.11. The van der Waals surface area contributed by atoms with E-state index in [2.05, 4.69) is 5.32 Å². The van der Waals surface area contributed by atoms with E-state index in [1.165, 1.54) is 18.2 Å². The second-order valence-corrected chi connectivity index (χ2v) is 5.09. The molecular formula is C9H15N3O3S. The van der Waals surface area contributed by atoms with Gasteiger partial charge in [-0.1, -0.05) is 0 Å². The number of sulfonamides is 1. The predicted octanol–water partition coefficient (Wildman–Crippen LogP) is -0.291. The van der Waals surface area contributed by atoms with Crippen LogP contribution < -0.4 is 16.2 Å². The molecule has 0 bridgehead atoms. The number of rotatable bonds is 4. The quantitative estimate of drug-likeness (QED) is 0.543. The van der Waals surface area contributed by atoms with E-state index < -0.39 is 16.1 Å². The van der Waals surface area contributed by atoms with Gasteiger partial charge in [0, 0.05) is 6.54 Å². The van der Waals surface area contributed by atoms with Crippen LogP contribution in [0, 0.1) is 0 Å². The van der Waals surface area contributed by atoms with Crippen molar-refractivity contribution >= 4 is 21.4 Å². The molecule has 1 rings (SSSR count). The van der Waals surface area contributed by atoms with Crippen molar-refractivity contribution in [3.05, 3.63) is 18.2 Å². The normalized spacial score (nSPS) is 13.4. The Balaban J connectivity index is 2.92. The second-order valence-electron chi connectivity index (χ2n) is 3.52. The molecule has 0 fully saturated rings. The molecule has 0 saturated heterocycles. The number of nitrogen functional groups attached to an aromatic ring is 1. The third kappa shape index (κ3) is 3.37. The van der Waals surface area contributed by atoms with Crippen molar-refractivity contribution in [1.82, 2.24) is 0 Å². The molecule has 1 aromatic rings. The van der Waals surface area contributed by atoms with Gasteiger partial charge in [0.1, 0.15) is 0 Å². The zero-order valence-corrected chi connectivity index (χ0v) is 9.66. The van der Waals surface area contributed by atoms with E-state index in [0.29, 0.717) is 12.2 Å². The highest BCUT2D eigenvalue weighted by Gasteiger charge is 2.09. The molecular weight excluding hydrogens is 230 g/mol. The first-order chi connectivity index (χ1) is 7.30. The fourth-order valence-corrected chi connectivity index (χ4v) is 1.69. The number of hydrogen-bond donors (Lipinski definition) is 4. The van der Waals surface area contributed by atoms with E-state index in [-0.39, 0.29) is 10.6 Å². The number of aliphatic hydroxyl groups is 1. The standard InChI is InChI=1S/C9H15N3O3S/c1-6(13)5-12-9-3-2-7(4-8(9)10)16(11,14)15/h2-4,6,12-13H,5,10H2,1H3,(H2,11,14,15). The van der Waals surface area contributed by atoms with Gasteiger partial charge < -0.3 is 16.2 Å². The summed E-state index contributed by atoms with van der Waals surface area (Å²) >= 11 is 0. The smallest absolute Gasteiger partial charge is 0.238 e. The van der Waals surface area contributed by atoms with E-state index >= 15 is 0 Å². The number of nitrogens with two attached hydrogens (primary N) is 2. The molecule has 1 atom stereocenters. The van der Waals surface area contributed by atoms with Crippen molar-refractivity contribution in [2.24, 2.45) is 5.14 Å². The van der Waals surface area contributed by atoms with Crippen LogP contribution in [0.1, 0.15) is 6.92 Å². The van der Waals surface area contributed by atoms with Crippen LogP contribution in [0.3, 0.4) is 0 Å². The zero-order chi connectivity index (χ0) is 12.3. The molecule has 7 heteroatoms. The lowest BCUT2D eigenvalue weighted by Crippen LogP contribution is -2.17. The lowest BCUT2D eigenvalue weighted by molar-refractivity contribution is 0.208. The lowest BCUT2D eigenvalue weighted by atomic mass is 10.2. The van der Waals surface area contributed by atoms with Crippen molar-refractivity contribution in [2.75, 3.05) is 17.6 Å². The van der Waals surface area contributed by atoms with E-state index in [4.69, 9.17) is 16.0 Å². The summed E-state index contributed by atoms with van der Waals surface area (Å²) in [6, 6.07) is 4.15. The highest BCUT2D eigenvalue weighted by atomic mass is 32.2. The van der Waals surface area contributed by atoms with Gasteiger partial charge >= 0.3 is 0 Å². The minimum Gasteiger partial charge on any atom is -0.397 e. The maximum Gasteiger partial charge on any atom is 0.238 e. The first-order valence-corrected chi connectivity index (χ1v) is 6.19. The summed E-state index contributed by atoms with van der Waals surface area (Å²) in [6.45, 7) is 1.96. The van der Waals surface area contributed by atoms with Gasteiger partial charge in [-0.2, -0.15) is 0 Å². The van der Waals surface area contributed by atoms with Gasteiger partial charge in [0.25, 0.3) is 0 Å². The molecule has 0 spiro atoms. The molecule has 16 heavy (non-hydrogen) atoms. The first kappa shape index (κ1) is 12.8. The number of aliphatic hydroxyl groups excluding tert-OH is 1. The van der Waals surface area contributed by atoms with Crippen molar-refractivity contribution in [3.63, 3.8) is 0 Å². The molecule has 0 aromatic heterocycles. The largest absolute Gasteiger partial charge is 0.397 e. The molecule has 90 valence electrons. The molecule has 0 saturated carbocycles. The minimum atomic E-state index is -3.73. The molecule has 0 heterocycles. The van der Waals surface area contributed by atoms with Crippen LogP contribution in [0.25, 0.3) is 0 Å². The van der Waals surface area contributed by atoms with Gasteiger partial charge in [0.2, 0.25) is 10.0 Å². The van der Waals surface area contributed by atoms with Crippen molar-refractivity contribution < 1.29 is 13.5 Å². The topological polar surface area (TPSA) is 118 Å². The van der Waals surface area contributed by atoms with E-state index in [0.717, 1.165) is 0 Å². The summed E-state index contributed by atoms with van der Waals surface area (Å²) in [5, 5.41) is 16.9. The van der Waals surface area contributed by atoms with E-state index in [1.807, 2.05) is 0 Å². The van der Waals surface area contributed by atoms with E-state index in [1.54, 1.807) is 6.92 Å². The first-order valence-electron chi connectivity index (χ1n) is 4.65. The SMILES string of the molecule is CC(O)CNc1ccc(S(N)(=O)=O)cc1N. The average Bonchev–Trinajstić information content (AvgIpc) is 2.14. The Bertz CT molecular complexity index is 471. The molecule has 6 nitrogen and oxygen atoms in total. The molecule has 0 radical (unpaired) electrons. The second kappa shape index (κ2) is 4.69. The van der Waals surface area contributed by atoms with Crippen LogP contribution in [0.2, 0.25) is 0 Å². The van der Waals surface area contributed by atoms with Crippen LogP contribution in [0.5, 0.6) is 0 Å². The van der Waals surface area contributed by atoms with Gasteiger partial charge in [-0.3, -0.25) is 0 Å². The number of hydrogen-bond acceptors (Lipinski definition) is 5. The van der Waals surface area contributed by atoms with Crippen molar-refractivity contribution in [3.8, 4) is 0 Å². The van der Waals surface area contributed by atoms with Gasteiger partial charge in [0.05, 0.1) is 22.4 Å². The molecule has 0 aliphatic heterocycles. The average molecular weight is 245 g/mol. The summed E-state index contributed by atoms with van der Waals surface area (Å²) in [5.74, 6) is 0.